The fourth-order valence-electron chi connectivity index (χ4n) is 2.52. The third-order valence-corrected chi connectivity index (χ3v) is 3.45. The van der Waals surface area contributed by atoms with Crippen LogP contribution in [0.15, 0.2) is 30.5 Å². The molecule has 0 fully saturated rings. The van der Waals surface area contributed by atoms with Gasteiger partial charge in [-0.25, -0.2) is 4.79 Å². The Morgan fingerprint density at radius 2 is 2.05 bits per heavy atom. The second-order valence-electron chi connectivity index (χ2n) is 4.64. The van der Waals surface area contributed by atoms with Gasteiger partial charge in [0.15, 0.2) is 0 Å². The number of para-hydroxylation sites is 1. The molecule has 6 heteroatoms. The van der Waals surface area contributed by atoms with E-state index < -0.39 is 5.97 Å². The summed E-state index contributed by atoms with van der Waals surface area (Å²) in [5.74, 6) is -0.863. The van der Waals surface area contributed by atoms with Gasteiger partial charge in [-0.15, -0.1) is 0 Å². The molecule has 0 aliphatic rings. The number of carboxylic acid groups (broad SMARTS) is 1. The van der Waals surface area contributed by atoms with Crippen molar-refractivity contribution in [2.45, 2.75) is 0 Å². The third-order valence-electron chi connectivity index (χ3n) is 3.45. The lowest BCUT2D eigenvalue weighted by atomic mass is 10.2. The quantitative estimate of drug-likeness (QED) is 0.747. The first-order valence-corrected chi connectivity index (χ1v) is 6.03. The molecule has 1 aromatic carbocycles. The lowest BCUT2D eigenvalue weighted by Crippen LogP contribution is -2.03. The summed E-state index contributed by atoms with van der Waals surface area (Å²) in [6, 6.07) is 7.07. The summed E-state index contributed by atoms with van der Waals surface area (Å²) in [6.45, 7) is 0. The molecular weight excluding hydrogens is 258 g/mol. The van der Waals surface area contributed by atoms with Crippen molar-refractivity contribution in [1.82, 2.24) is 14.3 Å². The molecule has 3 rings (SSSR count). The van der Waals surface area contributed by atoms with Crippen LogP contribution in [0.4, 0.5) is 0 Å². The zero-order chi connectivity index (χ0) is 14.4. The molecule has 0 amide bonds. The van der Waals surface area contributed by atoms with E-state index in [2.05, 4.69) is 5.10 Å². The fraction of sp³-hybridized carbons (Fsp3) is 0.143. The third kappa shape index (κ3) is 1.58. The molecule has 2 heterocycles. The molecule has 0 unspecified atom stereocenters. The van der Waals surface area contributed by atoms with Crippen molar-refractivity contribution in [1.29, 1.82) is 0 Å². The Kier molecular flexibility index (Phi) is 2.53. The Hall–Kier alpha value is -2.76. The van der Waals surface area contributed by atoms with Crippen LogP contribution in [0.2, 0.25) is 0 Å². The van der Waals surface area contributed by atoms with Crippen LogP contribution >= 0.6 is 0 Å². The Bertz CT molecular complexity index is 830. The number of aromatic nitrogens is 3. The van der Waals surface area contributed by atoms with Gasteiger partial charge in [-0.3, -0.25) is 4.68 Å². The maximum atomic E-state index is 11.3. The second-order valence-corrected chi connectivity index (χ2v) is 4.64. The summed E-state index contributed by atoms with van der Waals surface area (Å²) in [7, 11) is 3.48. The topological polar surface area (TPSA) is 80.3 Å². The van der Waals surface area contributed by atoms with Crippen molar-refractivity contribution >= 4 is 16.9 Å². The highest BCUT2D eigenvalue weighted by Crippen LogP contribution is 2.33. The number of aryl methyl sites for hydroxylation is 2. The Morgan fingerprint density at radius 3 is 2.70 bits per heavy atom. The van der Waals surface area contributed by atoms with Gasteiger partial charge in [-0.05, 0) is 12.1 Å². The number of nitrogens with zero attached hydrogens (tertiary/aromatic N) is 3. The Balaban J connectivity index is 2.36. The predicted molar refractivity (Wildman–Crippen MR) is 73.7 cm³/mol. The average molecular weight is 271 g/mol. The molecule has 0 bridgehead atoms. The highest BCUT2D eigenvalue weighted by molar-refractivity contribution is 5.97. The highest BCUT2D eigenvalue weighted by atomic mass is 16.4. The Morgan fingerprint density at radius 1 is 1.30 bits per heavy atom. The van der Waals surface area contributed by atoms with Gasteiger partial charge in [0.05, 0.1) is 23.1 Å². The molecule has 2 aromatic heterocycles. The van der Waals surface area contributed by atoms with Crippen LogP contribution in [-0.2, 0) is 14.1 Å². The number of carboxylic acids is 1. The van der Waals surface area contributed by atoms with Crippen LogP contribution in [0.1, 0.15) is 10.4 Å². The fourth-order valence-corrected chi connectivity index (χ4v) is 2.52. The molecule has 0 radical (unpaired) electrons. The molecule has 0 aliphatic heterocycles. The number of carbonyl (C=O) groups is 1. The molecular formula is C14H13N3O3. The standard InChI is InChI=1S/C14H13N3O3/c1-16-10(6-8-4-3-5-11(18)12(8)16)13-9(14(19)20)7-15-17(13)2/h3-7,18H,1-2H3,(H,19,20). The van der Waals surface area contributed by atoms with E-state index in [1.54, 1.807) is 30.8 Å². The van der Waals surface area contributed by atoms with Crippen molar-refractivity contribution in [2.24, 2.45) is 14.1 Å². The smallest absolute Gasteiger partial charge is 0.339 e. The minimum Gasteiger partial charge on any atom is -0.506 e. The first-order valence-electron chi connectivity index (χ1n) is 6.03. The van der Waals surface area contributed by atoms with E-state index >= 15 is 0 Å². The van der Waals surface area contributed by atoms with Crippen molar-refractivity contribution in [3.8, 4) is 17.1 Å². The summed E-state index contributed by atoms with van der Waals surface area (Å²) in [4.78, 5) is 11.3. The maximum absolute atomic E-state index is 11.3. The monoisotopic (exact) mass is 271 g/mol. The molecule has 0 saturated heterocycles. The minimum atomic E-state index is -1.03. The van der Waals surface area contributed by atoms with Crippen LogP contribution in [0.5, 0.6) is 5.75 Å². The zero-order valence-electron chi connectivity index (χ0n) is 11.0. The molecule has 6 nitrogen and oxygen atoms in total. The summed E-state index contributed by atoms with van der Waals surface area (Å²) in [6.07, 6.45) is 1.33. The van der Waals surface area contributed by atoms with Gasteiger partial charge in [0.2, 0.25) is 0 Å². The lowest BCUT2D eigenvalue weighted by molar-refractivity contribution is 0.0697. The van der Waals surface area contributed by atoms with Crippen molar-refractivity contribution in [3.63, 3.8) is 0 Å². The minimum absolute atomic E-state index is 0.137. The van der Waals surface area contributed by atoms with Gasteiger partial charge in [0.1, 0.15) is 11.3 Å². The van der Waals surface area contributed by atoms with E-state index in [0.717, 1.165) is 5.39 Å². The summed E-state index contributed by atoms with van der Waals surface area (Å²) in [5.41, 5.74) is 2.01. The lowest BCUT2D eigenvalue weighted by Gasteiger charge is -2.07. The number of hydrogen-bond donors (Lipinski definition) is 2. The molecule has 2 N–H and O–H groups in total. The first-order chi connectivity index (χ1) is 9.50. The number of fused-ring (bicyclic) bond motifs is 1. The van der Waals surface area contributed by atoms with Crippen molar-refractivity contribution < 1.29 is 15.0 Å². The van der Waals surface area contributed by atoms with Gasteiger partial charge >= 0.3 is 5.97 Å². The van der Waals surface area contributed by atoms with E-state index in [1.165, 1.54) is 10.9 Å². The van der Waals surface area contributed by atoms with Crippen LogP contribution in [0.25, 0.3) is 22.3 Å². The number of hydrogen-bond acceptors (Lipinski definition) is 3. The van der Waals surface area contributed by atoms with Gasteiger partial charge in [0.25, 0.3) is 0 Å². The van der Waals surface area contributed by atoms with Gasteiger partial charge in [-0.2, -0.15) is 5.10 Å². The molecule has 20 heavy (non-hydrogen) atoms. The second kappa shape index (κ2) is 4.12. The number of phenolic OH excluding ortho intramolecular Hbond substituents is 1. The van der Waals surface area contributed by atoms with Crippen LogP contribution < -0.4 is 0 Å². The van der Waals surface area contributed by atoms with E-state index in [9.17, 15) is 15.0 Å². The summed E-state index contributed by atoms with van der Waals surface area (Å²) < 4.78 is 3.29. The van der Waals surface area contributed by atoms with Crippen molar-refractivity contribution in [2.75, 3.05) is 0 Å². The Labute approximate surface area is 114 Å². The SMILES string of the molecule is Cn1ncc(C(=O)O)c1-c1cc2cccc(O)c2n1C. The normalized spacial score (nSPS) is 11.1. The number of phenols is 1. The number of benzene rings is 1. The molecule has 3 aromatic rings. The zero-order valence-corrected chi connectivity index (χ0v) is 11.0. The van der Waals surface area contributed by atoms with Crippen molar-refractivity contribution in [3.05, 3.63) is 36.0 Å². The van der Waals surface area contributed by atoms with Gasteiger partial charge in [-0.1, -0.05) is 12.1 Å². The molecule has 0 spiro atoms. The highest BCUT2D eigenvalue weighted by Gasteiger charge is 2.20. The summed E-state index contributed by atoms with van der Waals surface area (Å²) in [5, 5.41) is 24.1. The first kappa shape index (κ1) is 12.3. The van der Waals surface area contributed by atoms with Crippen LogP contribution in [0.3, 0.4) is 0 Å². The van der Waals surface area contributed by atoms with Gasteiger partial charge < -0.3 is 14.8 Å². The van der Waals surface area contributed by atoms with Crippen LogP contribution in [-0.4, -0.2) is 30.5 Å². The predicted octanol–water partition coefficient (Wildman–Crippen LogP) is 1.98. The molecule has 0 atom stereocenters. The molecule has 0 aliphatic carbocycles. The van der Waals surface area contributed by atoms with E-state index in [0.29, 0.717) is 16.9 Å². The van der Waals surface area contributed by atoms with E-state index in [1.807, 2.05) is 12.1 Å². The van der Waals surface area contributed by atoms with E-state index in [-0.39, 0.29) is 11.3 Å². The van der Waals surface area contributed by atoms with Gasteiger partial charge in [0, 0.05) is 19.5 Å². The number of aromatic carboxylic acids is 1. The molecule has 102 valence electrons. The molecule has 0 saturated carbocycles. The summed E-state index contributed by atoms with van der Waals surface area (Å²) >= 11 is 0. The van der Waals surface area contributed by atoms with E-state index in [4.69, 9.17) is 0 Å². The number of rotatable bonds is 2. The largest absolute Gasteiger partial charge is 0.506 e. The van der Waals surface area contributed by atoms with Crippen LogP contribution in [0, 0.1) is 0 Å². The maximum Gasteiger partial charge on any atom is 0.339 e. The number of aromatic hydroxyl groups is 1. The average Bonchev–Trinajstić information content (AvgIpc) is 2.91.